The molecule has 1 aromatic rings. The van der Waals surface area contributed by atoms with Crippen LogP contribution in [0.15, 0.2) is 18.2 Å². The van der Waals surface area contributed by atoms with Crippen molar-refractivity contribution in [2.45, 2.75) is 19.4 Å². The van der Waals surface area contributed by atoms with Gasteiger partial charge in [-0.2, -0.15) is 0 Å². The van der Waals surface area contributed by atoms with Crippen molar-refractivity contribution in [2.75, 3.05) is 6.54 Å². The van der Waals surface area contributed by atoms with Crippen molar-refractivity contribution in [3.05, 3.63) is 34.6 Å². The van der Waals surface area contributed by atoms with Crippen molar-refractivity contribution >= 4 is 11.6 Å². The molecule has 1 N–H and O–H groups in total. The van der Waals surface area contributed by atoms with E-state index < -0.39 is 0 Å². The van der Waals surface area contributed by atoms with E-state index in [-0.39, 0.29) is 10.8 Å². The quantitative estimate of drug-likeness (QED) is 0.600. The molecule has 0 aliphatic carbocycles. The van der Waals surface area contributed by atoms with Gasteiger partial charge < -0.3 is 5.32 Å². The van der Waals surface area contributed by atoms with Crippen LogP contribution in [0.25, 0.3) is 0 Å². The zero-order valence-electron chi connectivity index (χ0n) is 8.39. The summed E-state index contributed by atoms with van der Waals surface area (Å²) in [5, 5.41) is 3.34. The first kappa shape index (κ1) is 12.0. The molecule has 0 unspecified atom stereocenters. The molecule has 0 atom stereocenters. The zero-order valence-corrected chi connectivity index (χ0v) is 9.15. The lowest BCUT2D eigenvalue weighted by molar-refractivity contribution is 0.618. The molecular weight excluding hydrogens is 213 g/mol. The highest BCUT2D eigenvalue weighted by Crippen LogP contribution is 2.15. The third kappa shape index (κ3) is 4.33. The molecule has 1 rings (SSSR count). The fourth-order valence-corrected chi connectivity index (χ4v) is 1.32. The fourth-order valence-electron chi connectivity index (χ4n) is 1.20. The minimum absolute atomic E-state index is 0.158. The van der Waals surface area contributed by atoms with Gasteiger partial charge in [0.1, 0.15) is 5.82 Å². The Morgan fingerprint density at radius 3 is 2.93 bits per heavy atom. The molecule has 0 spiro atoms. The average Bonchev–Trinajstić information content (AvgIpc) is 2.23. The lowest BCUT2D eigenvalue weighted by Crippen LogP contribution is -2.14. The maximum atomic E-state index is 13.0. The van der Waals surface area contributed by atoms with Gasteiger partial charge in [-0.3, -0.25) is 0 Å². The van der Waals surface area contributed by atoms with Crippen LogP contribution in [0.2, 0.25) is 5.02 Å². The van der Waals surface area contributed by atoms with Crippen LogP contribution < -0.4 is 5.32 Å². The number of halogens is 2. The molecule has 0 saturated heterocycles. The van der Waals surface area contributed by atoms with Crippen LogP contribution in [0.3, 0.4) is 0 Å². The number of nitrogens with one attached hydrogen (secondary N) is 1. The molecule has 0 aliphatic rings. The highest BCUT2D eigenvalue weighted by Gasteiger charge is 2.00. The Kier molecular flexibility index (Phi) is 5.17. The highest BCUT2D eigenvalue weighted by molar-refractivity contribution is 6.30. The second kappa shape index (κ2) is 6.44. The maximum Gasteiger partial charge on any atom is 0.142 e. The molecule has 0 heterocycles. The summed E-state index contributed by atoms with van der Waals surface area (Å²) in [7, 11) is 0. The topological polar surface area (TPSA) is 12.0 Å². The molecule has 3 heteroatoms. The molecule has 0 bridgehead atoms. The summed E-state index contributed by atoms with van der Waals surface area (Å²) in [6, 6.07) is 4.81. The van der Waals surface area contributed by atoms with E-state index in [1.807, 2.05) is 0 Å². The molecule has 1 aromatic carbocycles. The summed E-state index contributed by atoms with van der Waals surface area (Å²) in [5.74, 6) is 2.19. The van der Waals surface area contributed by atoms with Gasteiger partial charge in [0.25, 0.3) is 0 Å². The summed E-state index contributed by atoms with van der Waals surface area (Å²) >= 11 is 5.57. The Morgan fingerprint density at radius 1 is 1.47 bits per heavy atom. The molecule has 80 valence electrons. The number of benzene rings is 1. The van der Waals surface area contributed by atoms with E-state index in [0.29, 0.717) is 6.54 Å². The van der Waals surface area contributed by atoms with Crippen LogP contribution in [0.5, 0.6) is 0 Å². The van der Waals surface area contributed by atoms with E-state index >= 15 is 0 Å². The minimum Gasteiger partial charge on any atom is -0.313 e. The van der Waals surface area contributed by atoms with E-state index in [9.17, 15) is 4.39 Å². The van der Waals surface area contributed by atoms with E-state index in [0.717, 1.165) is 24.9 Å². The molecule has 0 amide bonds. The van der Waals surface area contributed by atoms with Crippen molar-refractivity contribution < 1.29 is 4.39 Å². The van der Waals surface area contributed by atoms with E-state index in [1.165, 1.54) is 6.07 Å². The summed E-state index contributed by atoms with van der Waals surface area (Å²) in [5.41, 5.74) is 0.887. The number of unbranched alkanes of at least 4 members (excludes halogenated alkanes) is 1. The zero-order chi connectivity index (χ0) is 11.1. The molecule has 0 aliphatic heterocycles. The first-order valence-electron chi connectivity index (χ1n) is 4.82. The standard InChI is InChI=1S/C12H13ClFN/c1-2-3-4-7-15-9-10-5-6-11(13)12(14)8-10/h1,5-6,8,15H,3-4,7,9H2. The van der Waals surface area contributed by atoms with Crippen molar-refractivity contribution in [1.82, 2.24) is 5.32 Å². The lowest BCUT2D eigenvalue weighted by Gasteiger charge is -2.04. The van der Waals surface area contributed by atoms with Gasteiger partial charge in [-0.1, -0.05) is 17.7 Å². The summed E-state index contributed by atoms with van der Waals surface area (Å²) < 4.78 is 13.0. The van der Waals surface area contributed by atoms with Gasteiger partial charge in [0.15, 0.2) is 0 Å². The van der Waals surface area contributed by atoms with Crippen molar-refractivity contribution in [3.8, 4) is 12.3 Å². The molecule has 0 radical (unpaired) electrons. The van der Waals surface area contributed by atoms with Gasteiger partial charge in [-0.05, 0) is 30.7 Å². The number of rotatable bonds is 5. The number of hydrogen-bond acceptors (Lipinski definition) is 1. The Hall–Kier alpha value is -1.04. The Bertz CT molecular complexity index is 357. The molecule has 0 saturated carbocycles. The molecule has 0 fully saturated rings. The molecule has 15 heavy (non-hydrogen) atoms. The van der Waals surface area contributed by atoms with Crippen molar-refractivity contribution in [1.29, 1.82) is 0 Å². The predicted molar refractivity (Wildman–Crippen MR) is 61.2 cm³/mol. The van der Waals surface area contributed by atoms with Crippen molar-refractivity contribution in [2.24, 2.45) is 0 Å². The SMILES string of the molecule is C#CCCCNCc1ccc(Cl)c(F)c1. The first-order chi connectivity index (χ1) is 7.24. The Morgan fingerprint density at radius 2 is 2.27 bits per heavy atom. The highest BCUT2D eigenvalue weighted by atomic mass is 35.5. The second-order valence-electron chi connectivity index (χ2n) is 3.23. The normalized spacial score (nSPS) is 9.93. The molecule has 0 aromatic heterocycles. The Balaban J connectivity index is 2.32. The van der Waals surface area contributed by atoms with Crippen LogP contribution in [0.1, 0.15) is 18.4 Å². The number of hydrogen-bond donors (Lipinski definition) is 1. The largest absolute Gasteiger partial charge is 0.313 e. The minimum atomic E-state index is -0.375. The van der Waals surface area contributed by atoms with Gasteiger partial charge in [0.05, 0.1) is 5.02 Å². The van der Waals surface area contributed by atoms with Crippen LogP contribution in [0, 0.1) is 18.2 Å². The summed E-state index contributed by atoms with van der Waals surface area (Å²) in [6.07, 6.45) is 6.82. The van der Waals surface area contributed by atoms with Crippen LogP contribution in [0.4, 0.5) is 4.39 Å². The monoisotopic (exact) mass is 225 g/mol. The van der Waals surface area contributed by atoms with Crippen LogP contribution >= 0.6 is 11.6 Å². The average molecular weight is 226 g/mol. The van der Waals surface area contributed by atoms with Gasteiger partial charge in [-0.25, -0.2) is 4.39 Å². The molecule has 1 nitrogen and oxygen atoms in total. The third-order valence-corrected chi connectivity index (χ3v) is 2.29. The summed E-state index contributed by atoms with van der Waals surface area (Å²) in [6.45, 7) is 1.48. The van der Waals surface area contributed by atoms with Gasteiger partial charge in [0, 0.05) is 13.0 Å². The predicted octanol–water partition coefficient (Wildman–Crippen LogP) is 2.98. The Labute approximate surface area is 94.6 Å². The fraction of sp³-hybridized carbons (Fsp3) is 0.333. The maximum absolute atomic E-state index is 13.0. The number of terminal acetylenes is 1. The van der Waals surface area contributed by atoms with E-state index in [1.54, 1.807) is 12.1 Å². The second-order valence-corrected chi connectivity index (χ2v) is 3.64. The molecular formula is C12H13ClFN. The van der Waals surface area contributed by atoms with Gasteiger partial charge in [-0.15, -0.1) is 12.3 Å². The third-order valence-electron chi connectivity index (χ3n) is 1.99. The van der Waals surface area contributed by atoms with E-state index in [2.05, 4.69) is 11.2 Å². The smallest absolute Gasteiger partial charge is 0.142 e. The van der Waals surface area contributed by atoms with Gasteiger partial charge in [0.2, 0.25) is 0 Å². The van der Waals surface area contributed by atoms with Crippen molar-refractivity contribution in [3.63, 3.8) is 0 Å². The van der Waals surface area contributed by atoms with Crippen LogP contribution in [-0.2, 0) is 6.54 Å². The lowest BCUT2D eigenvalue weighted by atomic mass is 10.2. The van der Waals surface area contributed by atoms with Crippen LogP contribution in [-0.4, -0.2) is 6.54 Å². The van der Waals surface area contributed by atoms with E-state index in [4.69, 9.17) is 18.0 Å². The van der Waals surface area contributed by atoms with Gasteiger partial charge >= 0.3 is 0 Å². The summed E-state index contributed by atoms with van der Waals surface area (Å²) in [4.78, 5) is 0. The first-order valence-corrected chi connectivity index (χ1v) is 5.20.